The van der Waals surface area contributed by atoms with Gasteiger partial charge in [0.2, 0.25) is 0 Å². The fourth-order valence-electron chi connectivity index (χ4n) is 1.23. The predicted octanol–water partition coefficient (Wildman–Crippen LogP) is -1.38. The lowest BCUT2D eigenvalue weighted by Gasteiger charge is -2.26. The Balaban J connectivity index is 2.59. The number of aliphatic hydroxyl groups is 3. The normalized spacial score (nSPS) is 40.1. The van der Waals surface area contributed by atoms with Crippen LogP contribution in [0.5, 0.6) is 0 Å². The quantitative estimate of drug-likeness (QED) is 0.369. The summed E-state index contributed by atoms with van der Waals surface area (Å²) in [5.41, 5.74) is 0. The van der Waals surface area contributed by atoms with Crippen molar-refractivity contribution >= 4 is 0 Å². The highest BCUT2D eigenvalue weighted by Crippen LogP contribution is 2.05. The maximum absolute atomic E-state index is 9.42. The minimum Gasteiger partial charge on any atom is -0.395 e. The van der Waals surface area contributed by atoms with Crippen LogP contribution >= 0.6 is 0 Å². The molecular formula is C8H15NO3. The molecule has 70 valence electrons. The van der Waals surface area contributed by atoms with Gasteiger partial charge in [-0.1, -0.05) is 12.2 Å². The van der Waals surface area contributed by atoms with Gasteiger partial charge >= 0.3 is 0 Å². The molecule has 12 heavy (non-hydrogen) atoms. The van der Waals surface area contributed by atoms with Crippen LogP contribution in [0.25, 0.3) is 0 Å². The van der Waals surface area contributed by atoms with E-state index in [1.54, 1.807) is 6.08 Å². The molecule has 1 rings (SSSR count). The standard InChI is InChI=1S/C8H15NO3/c10-5-6-8(12)7(11)3-1-2-4-9-6/h1,3,6-12H,2,4-5H2/b3-1-. The summed E-state index contributed by atoms with van der Waals surface area (Å²) < 4.78 is 0. The van der Waals surface area contributed by atoms with E-state index in [0.717, 1.165) is 6.42 Å². The Morgan fingerprint density at radius 2 is 2.17 bits per heavy atom. The minimum atomic E-state index is -0.924. The van der Waals surface area contributed by atoms with Crippen molar-refractivity contribution in [2.45, 2.75) is 24.7 Å². The molecule has 0 aromatic carbocycles. The van der Waals surface area contributed by atoms with Crippen LogP contribution in [0.3, 0.4) is 0 Å². The lowest BCUT2D eigenvalue weighted by atomic mass is 10.0. The van der Waals surface area contributed by atoms with Crippen LogP contribution in [-0.4, -0.2) is 46.7 Å². The molecule has 4 nitrogen and oxygen atoms in total. The van der Waals surface area contributed by atoms with Crippen LogP contribution in [-0.2, 0) is 0 Å². The fraction of sp³-hybridized carbons (Fsp3) is 0.750. The van der Waals surface area contributed by atoms with Crippen molar-refractivity contribution in [2.24, 2.45) is 0 Å². The zero-order chi connectivity index (χ0) is 8.97. The first kappa shape index (κ1) is 9.67. The third-order valence-corrected chi connectivity index (χ3v) is 2.01. The van der Waals surface area contributed by atoms with Crippen LogP contribution in [0.15, 0.2) is 12.2 Å². The molecule has 0 amide bonds. The summed E-state index contributed by atoms with van der Waals surface area (Å²) in [5, 5.41) is 30.5. The lowest BCUT2D eigenvalue weighted by molar-refractivity contribution is 0.00539. The van der Waals surface area contributed by atoms with Gasteiger partial charge in [0.1, 0.15) is 6.10 Å². The number of hydrogen-bond donors (Lipinski definition) is 4. The van der Waals surface area contributed by atoms with Crippen molar-refractivity contribution in [3.8, 4) is 0 Å². The summed E-state index contributed by atoms with van der Waals surface area (Å²) >= 11 is 0. The van der Waals surface area contributed by atoms with Gasteiger partial charge in [-0.3, -0.25) is 0 Å². The van der Waals surface area contributed by atoms with Crippen molar-refractivity contribution in [1.29, 1.82) is 0 Å². The average molecular weight is 173 g/mol. The molecule has 0 aromatic rings. The monoisotopic (exact) mass is 173 g/mol. The zero-order valence-corrected chi connectivity index (χ0v) is 6.85. The SMILES string of the molecule is OCC1NCC/C=C\C(O)C1O. The second kappa shape index (κ2) is 4.57. The summed E-state index contributed by atoms with van der Waals surface area (Å²) in [5.74, 6) is 0. The van der Waals surface area contributed by atoms with Crippen molar-refractivity contribution in [3.63, 3.8) is 0 Å². The molecule has 3 atom stereocenters. The van der Waals surface area contributed by atoms with Crippen LogP contribution in [0.4, 0.5) is 0 Å². The van der Waals surface area contributed by atoms with Gasteiger partial charge in [0.15, 0.2) is 0 Å². The topological polar surface area (TPSA) is 72.7 Å². The highest BCUT2D eigenvalue weighted by molar-refractivity contribution is 4.98. The van der Waals surface area contributed by atoms with Gasteiger partial charge in [0.25, 0.3) is 0 Å². The summed E-state index contributed by atoms with van der Waals surface area (Å²) in [6.07, 6.45) is 2.38. The summed E-state index contributed by atoms with van der Waals surface area (Å²) in [6.45, 7) is 0.553. The fourth-order valence-corrected chi connectivity index (χ4v) is 1.23. The molecule has 1 heterocycles. The third-order valence-electron chi connectivity index (χ3n) is 2.01. The molecule has 0 bridgehead atoms. The first-order chi connectivity index (χ1) is 5.75. The maximum Gasteiger partial charge on any atom is 0.101 e. The lowest BCUT2D eigenvalue weighted by Crippen LogP contribution is -2.49. The van der Waals surface area contributed by atoms with Crippen LogP contribution in [0.1, 0.15) is 6.42 Å². The summed E-state index contributed by atoms with van der Waals surface area (Å²) in [6, 6.07) is -0.426. The molecule has 0 aromatic heterocycles. The molecule has 0 saturated carbocycles. The molecule has 4 heteroatoms. The Kier molecular flexibility index (Phi) is 3.68. The van der Waals surface area contributed by atoms with E-state index < -0.39 is 18.2 Å². The van der Waals surface area contributed by atoms with E-state index in [9.17, 15) is 10.2 Å². The first-order valence-electron chi connectivity index (χ1n) is 4.12. The van der Waals surface area contributed by atoms with Crippen LogP contribution in [0, 0.1) is 0 Å². The van der Waals surface area contributed by atoms with Gasteiger partial charge in [-0.25, -0.2) is 0 Å². The molecule has 1 aliphatic heterocycles. The molecule has 4 N–H and O–H groups in total. The van der Waals surface area contributed by atoms with E-state index in [0.29, 0.717) is 6.54 Å². The Morgan fingerprint density at radius 1 is 1.42 bits per heavy atom. The van der Waals surface area contributed by atoms with Gasteiger partial charge in [0, 0.05) is 0 Å². The maximum atomic E-state index is 9.42. The third kappa shape index (κ3) is 2.28. The van der Waals surface area contributed by atoms with Gasteiger partial charge in [-0.2, -0.15) is 0 Å². The van der Waals surface area contributed by atoms with Gasteiger partial charge < -0.3 is 20.6 Å². The number of hydrogen-bond acceptors (Lipinski definition) is 4. The molecule has 0 fully saturated rings. The Labute approximate surface area is 71.5 Å². The van der Waals surface area contributed by atoms with E-state index in [1.165, 1.54) is 0 Å². The van der Waals surface area contributed by atoms with Crippen molar-refractivity contribution < 1.29 is 15.3 Å². The van der Waals surface area contributed by atoms with Gasteiger partial charge in [0.05, 0.1) is 18.8 Å². The Bertz CT molecular complexity index is 160. The number of aliphatic hydroxyl groups excluding tert-OH is 3. The predicted molar refractivity (Wildman–Crippen MR) is 44.6 cm³/mol. The Morgan fingerprint density at radius 3 is 2.83 bits per heavy atom. The molecule has 0 saturated heterocycles. The summed E-state index contributed by atoms with van der Waals surface area (Å²) in [4.78, 5) is 0. The smallest absolute Gasteiger partial charge is 0.101 e. The highest BCUT2D eigenvalue weighted by Gasteiger charge is 2.24. The van der Waals surface area contributed by atoms with E-state index in [1.807, 2.05) is 6.08 Å². The molecule has 0 radical (unpaired) electrons. The van der Waals surface area contributed by atoms with Crippen molar-refractivity contribution in [2.75, 3.05) is 13.2 Å². The van der Waals surface area contributed by atoms with Crippen LogP contribution < -0.4 is 5.32 Å². The second-order valence-corrected chi connectivity index (χ2v) is 2.94. The zero-order valence-electron chi connectivity index (χ0n) is 6.85. The van der Waals surface area contributed by atoms with E-state index >= 15 is 0 Å². The van der Waals surface area contributed by atoms with E-state index in [2.05, 4.69) is 5.32 Å². The van der Waals surface area contributed by atoms with E-state index in [4.69, 9.17) is 5.11 Å². The molecule has 0 spiro atoms. The van der Waals surface area contributed by atoms with Crippen molar-refractivity contribution in [3.05, 3.63) is 12.2 Å². The molecule has 1 aliphatic rings. The average Bonchev–Trinajstić information content (AvgIpc) is 2.07. The van der Waals surface area contributed by atoms with Crippen LogP contribution in [0.2, 0.25) is 0 Å². The van der Waals surface area contributed by atoms with E-state index in [-0.39, 0.29) is 6.61 Å². The first-order valence-corrected chi connectivity index (χ1v) is 4.12. The van der Waals surface area contributed by atoms with Gasteiger partial charge in [-0.05, 0) is 13.0 Å². The Hall–Kier alpha value is -0.420. The molecular weight excluding hydrogens is 158 g/mol. The van der Waals surface area contributed by atoms with Gasteiger partial charge in [-0.15, -0.1) is 0 Å². The largest absolute Gasteiger partial charge is 0.395 e. The minimum absolute atomic E-state index is 0.161. The number of nitrogens with one attached hydrogen (secondary N) is 1. The molecule has 0 aliphatic carbocycles. The number of rotatable bonds is 1. The summed E-state index contributed by atoms with van der Waals surface area (Å²) in [7, 11) is 0. The second-order valence-electron chi connectivity index (χ2n) is 2.94. The molecule has 3 unspecified atom stereocenters. The highest BCUT2D eigenvalue weighted by atomic mass is 16.3. The van der Waals surface area contributed by atoms with Crippen molar-refractivity contribution in [1.82, 2.24) is 5.32 Å².